The Balaban J connectivity index is 1.92. The molecule has 3 heterocycles. The van der Waals surface area contributed by atoms with Gasteiger partial charge in [0.25, 0.3) is 0 Å². The van der Waals surface area contributed by atoms with E-state index in [0.29, 0.717) is 0 Å². The number of terminal acetylenes is 1. The molecule has 0 aliphatic carbocycles. The summed E-state index contributed by atoms with van der Waals surface area (Å²) in [4.78, 5) is 48.0. The Morgan fingerprint density at radius 2 is 1.94 bits per heavy atom. The second kappa shape index (κ2) is 8.88. The van der Waals surface area contributed by atoms with Gasteiger partial charge in [0.15, 0.2) is 17.5 Å². The zero-order chi connectivity index (χ0) is 26.6. The molecule has 3 rings (SSSR count). The molecule has 0 radical (unpaired) electrons. The minimum Gasteiger partial charge on any atom is -0.386 e. The third kappa shape index (κ3) is 5.73. The van der Waals surface area contributed by atoms with Crippen molar-refractivity contribution in [1.82, 2.24) is 19.5 Å². The minimum absolute atomic E-state index is 0.0532. The first-order valence-electron chi connectivity index (χ1n) is 9.35. The summed E-state index contributed by atoms with van der Waals surface area (Å²) in [5.74, 6) is 2.11. The molecule has 33 heavy (non-hydrogen) atoms. The van der Waals surface area contributed by atoms with Gasteiger partial charge in [-0.2, -0.15) is 8.62 Å². The number of hydrogen-bond donors (Lipinski definition) is 6. The number of phosphoric ester groups is 1. The van der Waals surface area contributed by atoms with Gasteiger partial charge in [0.1, 0.15) is 23.5 Å². The van der Waals surface area contributed by atoms with Crippen LogP contribution in [0.5, 0.6) is 0 Å². The molecule has 2 aromatic heterocycles. The van der Waals surface area contributed by atoms with E-state index < -0.39 is 54.1 Å². The topological polar surface area (TPSA) is 253 Å². The molecule has 1 aliphatic heterocycles. The number of aliphatic hydroxyl groups excluding tert-OH is 1. The van der Waals surface area contributed by atoms with Crippen LogP contribution < -0.4 is 0 Å². The summed E-state index contributed by atoms with van der Waals surface area (Å²) < 4.78 is 67.7. The predicted molar refractivity (Wildman–Crippen MR) is 104 cm³/mol. The van der Waals surface area contributed by atoms with Crippen LogP contribution in [0.3, 0.4) is 0 Å². The lowest BCUT2D eigenvalue weighted by molar-refractivity contribution is -0.0717. The first kappa shape index (κ1) is 23.2. The van der Waals surface area contributed by atoms with Gasteiger partial charge in [-0.1, -0.05) is 5.92 Å². The van der Waals surface area contributed by atoms with Crippen LogP contribution in [-0.4, -0.2) is 73.7 Å². The van der Waals surface area contributed by atoms with Crippen molar-refractivity contribution < 1.29 is 64.1 Å². The summed E-state index contributed by atoms with van der Waals surface area (Å²) in [6, 6.07) is 0. The van der Waals surface area contributed by atoms with Gasteiger partial charge in [-0.3, -0.25) is 9.09 Å². The molecule has 17 nitrogen and oxygen atoms in total. The smallest absolute Gasteiger partial charge is 0.386 e. The highest BCUT2D eigenvalue weighted by Gasteiger charge is 2.56. The van der Waals surface area contributed by atoms with E-state index in [9.17, 15) is 33.7 Å². The summed E-state index contributed by atoms with van der Waals surface area (Å²) in [5.41, 5.74) is -2.44. The van der Waals surface area contributed by atoms with E-state index in [4.69, 9.17) is 23.7 Å². The van der Waals surface area contributed by atoms with E-state index >= 15 is 0 Å². The van der Waals surface area contributed by atoms with Crippen LogP contribution in [0.4, 0.5) is 0 Å². The highest BCUT2D eigenvalue weighted by atomic mass is 31.3. The Morgan fingerprint density at radius 1 is 1.27 bits per heavy atom. The first-order chi connectivity index (χ1) is 15.8. The van der Waals surface area contributed by atoms with Crippen molar-refractivity contribution >= 4 is 34.6 Å². The Bertz CT molecular complexity index is 1330. The lowest BCUT2D eigenvalue weighted by Gasteiger charge is -2.26. The van der Waals surface area contributed by atoms with E-state index in [0.717, 1.165) is 10.9 Å². The fourth-order valence-electron chi connectivity index (χ4n) is 2.72. The quantitative estimate of drug-likeness (QED) is 0.178. The zero-order valence-electron chi connectivity index (χ0n) is 18.1. The van der Waals surface area contributed by atoms with E-state index in [1.807, 2.05) is 5.92 Å². The van der Waals surface area contributed by atoms with Gasteiger partial charge in [0.05, 0.1) is 21.8 Å². The van der Waals surface area contributed by atoms with Gasteiger partial charge in [0, 0.05) is 0 Å². The standard InChI is InChI=1S/C13H17N4O13P3/c1-3-13(19)10(18)9(5-27-32(23,24)30-33(25,26)29-31(20,21)22)28-12(13)17-6-15-8-4-14-7(2)16-11(8)17/h1,4,6,9-10,12,18-19H,5H2,2H3,(H,23,24)(H,25,26)(H2,20,21,22)/t9-,10+,12-,13?/m1/s1/i5D2. The van der Waals surface area contributed by atoms with Gasteiger partial charge in [-0.15, -0.1) is 6.42 Å². The third-order valence-electron chi connectivity index (χ3n) is 4.01. The fourth-order valence-corrected chi connectivity index (χ4v) is 5.60. The average Bonchev–Trinajstić information content (AvgIpc) is 3.17. The molecule has 1 saturated heterocycles. The molecular formula is C13H17N4O13P3. The number of rotatable bonds is 8. The molecule has 6 atom stereocenters. The van der Waals surface area contributed by atoms with E-state index in [2.05, 4.69) is 28.1 Å². The second-order valence-corrected chi connectivity index (χ2v) is 10.7. The van der Waals surface area contributed by atoms with Gasteiger partial charge in [-0.25, -0.2) is 28.6 Å². The largest absolute Gasteiger partial charge is 0.490 e. The Kier molecular flexibility index (Phi) is 6.23. The molecule has 20 heteroatoms. The average molecular weight is 532 g/mol. The van der Waals surface area contributed by atoms with Crippen molar-refractivity contribution in [3.05, 3.63) is 18.3 Å². The second-order valence-electron chi connectivity index (χ2n) is 6.40. The monoisotopic (exact) mass is 532 g/mol. The zero-order valence-corrected chi connectivity index (χ0v) is 18.8. The number of phosphoric acid groups is 3. The summed E-state index contributed by atoms with van der Waals surface area (Å²) in [6.45, 7) is -2.06. The maximum Gasteiger partial charge on any atom is 0.490 e. The van der Waals surface area contributed by atoms with Crippen molar-refractivity contribution in [3.8, 4) is 12.3 Å². The normalized spacial score (nSPS) is 30.8. The molecule has 6 N–H and O–H groups in total. The van der Waals surface area contributed by atoms with Gasteiger partial charge >= 0.3 is 23.5 Å². The molecule has 2 aromatic rings. The van der Waals surface area contributed by atoms with Crippen LogP contribution in [0.2, 0.25) is 0 Å². The SMILES string of the molecule is [2H]C([2H])(OP(=O)(O)OP(=O)(O)OP(=O)(O)O)[C@H]1O[C@@H](n2cnc3cnc(C)nc32)C(O)(C#C)[C@H]1O. The molecular weight excluding hydrogens is 513 g/mol. The summed E-state index contributed by atoms with van der Waals surface area (Å²) in [5, 5.41) is 21.5. The lowest BCUT2D eigenvalue weighted by Crippen LogP contribution is -2.45. The molecule has 0 bridgehead atoms. The summed E-state index contributed by atoms with van der Waals surface area (Å²) in [6.07, 6.45) is 1.27. The third-order valence-corrected chi connectivity index (χ3v) is 7.67. The molecule has 1 fully saturated rings. The Morgan fingerprint density at radius 3 is 2.55 bits per heavy atom. The summed E-state index contributed by atoms with van der Waals surface area (Å²) in [7, 11) is -17.7. The maximum atomic E-state index is 12.1. The van der Waals surface area contributed by atoms with Gasteiger partial charge < -0.3 is 34.5 Å². The Hall–Kier alpha value is -1.60. The van der Waals surface area contributed by atoms with Crippen LogP contribution >= 0.6 is 23.5 Å². The van der Waals surface area contributed by atoms with Crippen molar-refractivity contribution in [2.24, 2.45) is 0 Å². The number of aromatic nitrogens is 4. The van der Waals surface area contributed by atoms with Crippen molar-refractivity contribution in [1.29, 1.82) is 0 Å². The Labute approximate surface area is 187 Å². The molecule has 182 valence electrons. The van der Waals surface area contributed by atoms with Gasteiger partial charge in [0.2, 0.25) is 0 Å². The van der Waals surface area contributed by atoms with E-state index in [1.54, 1.807) is 0 Å². The highest BCUT2D eigenvalue weighted by Crippen LogP contribution is 2.66. The first-order valence-corrected chi connectivity index (χ1v) is 12.9. The molecule has 1 aliphatic rings. The predicted octanol–water partition coefficient (Wildman–Crippen LogP) is -0.899. The number of aliphatic hydroxyl groups is 2. The minimum atomic E-state index is -6.00. The van der Waals surface area contributed by atoms with E-state index in [1.165, 1.54) is 13.1 Å². The molecule has 0 spiro atoms. The van der Waals surface area contributed by atoms with Crippen molar-refractivity contribution in [3.63, 3.8) is 0 Å². The van der Waals surface area contributed by atoms with Crippen LogP contribution in [0.25, 0.3) is 11.2 Å². The van der Waals surface area contributed by atoms with Crippen LogP contribution in [0.1, 0.15) is 14.8 Å². The van der Waals surface area contributed by atoms with Gasteiger partial charge in [-0.05, 0) is 6.92 Å². The number of aryl methyl sites for hydroxylation is 1. The lowest BCUT2D eigenvalue weighted by atomic mass is 9.95. The number of hydrogen-bond acceptors (Lipinski definition) is 12. The number of imidazole rings is 1. The summed E-state index contributed by atoms with van der Waals surface area (Å²) >= 11 is 0. The van der Waals surface area contributed by atoms with Crippen molar-refractivity contribution in [2.45, 2.75) is 31.0 Å². The van der Waals surface area contributed by atoms with Crippen molar-refractivity contribution in [2.75, 3.05) is 6.56 Å². The van der Waals surface area contributed by atoms with Crippen LogP contribution in [0, 0.1) is 19.3 Å². The number of ether oxygens (including phenoxy) is 1. The number of fused-ring (bicyclic) bond motifs is 1. The maximum absolute atomic E-state index is 12.1. The molecule has 0 aromatic carbocycles. The van der Waals surface area contributed by atoms with Crippen LogP contribution in [0.15, 0.2) is 12.5 Å². The number of nitrogens with zero attached hydrogens (tertiary/aromatic N) is 4. The molecule has 0 saturated carbocycles. The molecule has 0 amide bonds. The van der Waals surface area contributed by atoms with E-state index in [-0.39, 0.29) is 17.0 Å². The van der Waals surface area contributed by atoms with Crippen LogP contribution in [-0.2, 0) is 31.6 Å². The molecule has 3 unspecified atom stereocenters. The highest BCUT2D eigenvalue weighted by molar-refractivity contribution is 7.66. The fraction of sp³-hybridized carbons (Fsp3) is 0.462.